The van der Waals surface area contributed by atoms with Crippen LogP contribution in [0.3, 0.4) is 0 Å². The van der Waals surface area contributed by atoms with Crippen LogP contribution in [0.1, 0.15) is 11.1 Å². The molecule has 3 atom stereocenters. The number of rotatable bonds is 3. The lowest BCUT2D eigenvalue weighted by Gasteiger charge is -2.26. The molecular formula is C19H17N2O4+. The first-order chi connectivity index (χ1) is 12.1. The van der Waals surface area contributed by atoms with Crippen molar-refractivity contribution in [2.75, 3.05) is 7.05 Å². The molecule has 1 unspecified atom stereocenters. The van der Waals surface area contributed by atoms with Gasteiger partial charge in [0.2, 0.25) is 6.10 Å². The van der Waals surface area contributed by atoms with Crippen LogP contribution in [-0.2, 0) is 4.74 Å². The van der Waals surface area contributed by atoms with E-state index in [2.05, 4.69) is 0 Å². The number of quaternary nitrogens is 1. The second-order valence-electron chi connectivity index (χ2n) is 6.08. The molecule has 2 aromatic rings. The number of nitro benzene ring substituents is 1. The molecule has 25 heavy (non-hydrogen) atoms. The van der Waals surface area contributed by atoms with Gasteiger partial charge in [0.25, 0.3) is 11.9 Å². The Balaban J connectivity index is 1.53. The van der Waals surface area contributed by atoms with Gasteiger partial charge in [-0.15, -0.1) is 0 Å². The van der Waals surface area contributed by atoms with E-state index in [0.29, 0.717) is 11.3 Å². The van der Waals surface area contributed by atoms with E-state index in [-0.39, 0.29) is 18.0 Å². The number of non-ortho nitro benzene ring substituents is 1. The van der Waals surface area contributed by atoms with Crippen molar-refractivity contribution in [1.29, 1.82) is 0 Å². The minimum Gasteiger partial charge on any atom is -0.475 e. The van der Waals surface area contributed by atoms with Crippen LogP contribution in [0.2, 0.25) is 0 Å². The molecule has 0 aliphatic carbocycles. The zero-order valence-electron chi connectivity index (χ0n) is 13.6. The second-order valence-corrected chi connectivity index (χ2v) is 6.08. The third-order valence-corrected chi connectivity index (χ3v) is 4.35. The smallest absolute Gasteiger partial charge is 0.277 e. The van der Waals surface area contributed by atoms with Crippen LogP contribution in [0.4, 0.5) is 5.69 Å². The highest BCUT2D eigenvalue weighted by atomic mass is 16.6. The normalized spacial score (nSPS) is 24.0. The molecule has 1 N–H and O–H groups in total. The lowest BCUT2D eigenvalue weighted by molar-refractivity contribution is -0.869. The van der Waals surface area contributed by atoms with E-state index in [0.717, 1.165) is 16.2 Å². The Kier molecular flexibility index (Phi) is 3.74. The van der Waals surface area contributed by atoms with Gasteiger partial charge in [-0.2, -0.15) is 0 Å². The molecule has 126 valence electrons. The van der Waals surface area contributed by atoms with E-state index in [1.54, 1.807) is 6.07 Å². The van der Waals surface area contributed by atoms with E-state index >= 15 is 0 Å². The molecule has 2 aromatic carbocycles. The van der Waals surface area contributed by atoms with Crippen LogP contribution < -0.4 is 9.64 Å². The summed E-state index contributed by atoms with van der Waals surface area (Å²) in [6, 6.07) is 14.5. The van der Waals surface area contributed by atoms with Crippen molar-refractivity contribution in [3.05, 3.63) is 82.0 Å². The highest BCUT2D eigenvalue weighted by Crippen LogP contribution is 2.31. The predicted octanol–water partition coefficient (Wildman–Crippen LogP) is 2.24. The van der Waals surface area contributed by atoms with Gasteiger partial charge in [0.05, 0.1) is 12.0 Å². The summed E-state index contributed by atoms with van der Waals surface area (Å²) in [6.07, 6.45) is 5.29. The lowest BCUT2D eigenvalue weighted by Crippen LogP contribution is -3.09. The van der Waals surface area contributed by atoms with Crippen molar-refractivity contribution in [2.24, 2.45) is 0 Å². The Hall–Kier alpha value is -3.12. The van der Waals surface area contributed by atoms with Gasteiger partial charge in [0.1, 0.15) is 11.9 Å². The van der Waals surface area contributed by atoms with Gasteiger partial charge in [-0.1, -0.05) is 36.4 Å². The number of likely N-dealkylation sites (N-methyl/N-ethyl adjacent to an activating group) is 1. The van der Waals surface area contributed by atoms with Gasteiger partial charge in [0.15, 0.2) is 5.76 Å². The first-order valence-corrected chi connectivity index (χ1v) is 8.02. The molecule has 0 saturated carbocycles. The Labute approximate surface area is 144 Å². The summed E-state index contributed by atoms with van der Waals surface area (Å²) >= 11 is 0. The predicted molar refractivity (Wildman–Crippen MR) is 92.7 cm³/mol. The fourth-order valence-corrected chi connectivity index (χ4v) is 3.07. The maximum absolute atomic E-state index is 10.9. The standard InChI is InChI=1S/C19H16N2O4/c1-20-12-18(13-5-3-2-4-6-13)25-19(20)17-9-7-14-11-15(21(22)23)8-10-16(14)24-17/h2-12,17,19H,1H3/p+1/t17-,19+/m0/s1. The highest BCUT2D eigenvalue weighted by Gasteiger charge is 2.38. The number of benzene rings is 2. The van der Waals surface area contributed by atoms with E-state index in [4.69, 9.17) is 9.47 Å². The Morgan fingerprint density at radius 2 is 1.92 bits per heavy atom. The first-order valence-electron chi connectivity index (χ1n) is 8.02. The Morgan fingerprint density at radius 3 is 2.68 bits per heavy atom. The Bertz CT molecular complexity index is 876. The minimum absolute atomic E-state index is 0.0540. The molecule has 0 aromatic heterocycles. The molecule has 6 nitrogen and oxygen atoms in total. The molecule has 2 aliphatic rings. The summed E-state index contributed by atoms with van der Waals surface area (Å²) in [4.78, 5) is 11.6. The van der Waals surface area contributed by atoms with Gasteiger partial charge in [-0.05, 0) is 12.1 Å². The van der Waals surface area contributed by atoms with Crippen LogP contribution in [-0.4, -0.2) is 24.3 Å². The fraction of sp³-hybridized carbons (Fsp3) is 0.158. The monoisotopic (exact) mass is 337 g/mol. The molecular weight excluding hydrogens is 320 g/mol. The van der Waals surface area contributed by atoms with Crippen LogP contribution in [0.5, 0.6) is 5.75 Å². The van der Waals surface area contributed by atoms with Crippen molar-refractivity contribution >= 4 is 17.5 Å². The van der Waals surface area contributed by atoms with Gasteiger partial charge < -0.3 is 9.47 Å². The van der Waals surface area contributed by atoms with Gasteiger partial charge >= 0.3 is 0 Å². The van der Waals surface area contributed by atoms with E-state index in [1.165, 1.54) is 12.1 Å². The highest BCUT2D eigenvalue weighted by molar-refractivity contribution is 5.64. The molecule has 0 bridgehead atoms. The van der Waals surface area contributed by atoms with E-state index < -0.39 is 4.92 Å². The average molecular weight is 337 g/mol. The summed E-state index contributed by atoms with van der Waals surface area (Å²) < 4.78 is 12.1. The second kappa shape index (κ2) is 6.07. The Morgan fingerprint density at radius 1 is 1.12 bits per heavy atom. The largest absolute Gasteiger partial charge is 0.475 e. The van der Waals surface area contributed by atoms with Crippen LogP contribution >= 0.6 is 0 Å². The first kappa shape index (κ1) is 15.4. The van der Waals surface area contributed by atoms with Gasteiger partial charge in [0, 0.05) is 23.3 Å². The molecule has 0 amide bonds. The number of nitro groups is 1. The number of nitrogens with one attached hydrogen (secondary N) is 1. The van der Waals surface area contributed by atoms with E-state index in [1.807, 2.05) is 55.7 Å². The number of hydrogen-bond acceptors (Lipinski definition) is 4. The molecule has 2 aliphatic heterocycles. The maximum Gasteiger partial charge on any atom is 0.277 e. The molecule has 4 rings (SSSR count). The molecule has 0 radical (unpaired) electrons. The van der Waals surface area contributed by atoms with E-state index in [9.17, 15) is 10.1 Å². The maximum atomic E-state index is 10.9. The third kappa shape index (κ3) is 2.88. The molecule has 0 saturated heterocycles. The van der Waals surface area contributed by atoms with Crippen molar-refractivity contribution in [3.63, 3.8) is 0 Å². The van der Waals surface area contributed by atoms with Crippen molar-refractivity contribution < 1.29 is 19.3 Å². The zero-order valence-corrected chi connectivity index (χ0v) is 13.6. The van der Waals surface area contributed by atoms with Crippen molar-refractivity contribution in [2.45, 2.75) is 12.3 Å². The zero-order chi connectivity index (χ0) is 17.4. The van der Waals surface area contributed by atoms with Crippen LogP contribution in [0.15, 0.2) is 60.8 Å². The average Bonchev–Trinajstić information content (AvgIpc) is 3.03. The molecule has 0 fully saturated rings. The summed E-state index contributed by atoms with van der Waals surface area (Å²) in [5.74, 6) is 1.46. The lowest BCUT2D eigenvalue weighted by atomic mass is 10.1. The molecule has 0 spiro atoms. The summed E-state index contributed by atoms with van der Waals surface area (Å²) in [5.41, 5.74) is 1.79. The van der Waals surface area contributed by atoms with Crippen molar-refractivity contribution in [1.82, 2.24) is 0 Å². The fourth-order valence-electron chi connectivity index (χ4n) is 3.07. The summed E-state index contributed by atoms with van der Waals surface area (Å²) in [5, 5.41) is 10.9. The quantitative estimate of drug-likeness (QED) is 0.689. The minimum atomic E-state index is -0.408. The van der Waals surface area contributed by atoms with Crippen molar-refractivity contribution in [3.8, 4) is 5.75 Å². The van der Waals surface area contributed by atoms with Gasteiger partial charge in [-0.25, -0.2) is 0 Å². The summed E-state index contributed by atoms with van der Waals surface area (Å²) in [7, 11) is 2.02. The van der Waals surface area contributed by atoms with Gasteiger partial charge in [-0.3, -0.25) is 15.0 Å². The number of hydrogen-bond donors (Lipinski definition) is 1. The SMILES string of the molecule is C[NH+]1C=C(c2ccccc2)O[C@@H]1[C@@H]1C=Cc2cc([N+](=O)[O-])ccc2O1. The van der Waals surface area contributed by atoms with Crippen LogP contribution in [0, 0.1) is 10.1 Å². The van der Waals surface area contributed by atoms with Crippen LogP contribution in [0.25, 0.3) is 11.8 Å². The number of fused-ring (bicyclic) bond motifs is 1. The molecule has 2 heterocycles. The number of ether oxygens (including phenoxy) is 2. The number of nitrogens with zero attached hydrogens (tertiary/aromatic N) is 1. The topological polar surface area (TPSA) is 66.0 Å². The molecule has 6 heteroatoms. The summed E-state index contributed by atoms with van der Waals surface area (Å²) in [6.45, 7) is 0. The third-order valence-electron chi connectivity index (χ3n) is 4.35.